The molecule has 140 valence electrons. The minimum absolute atomic E-state index is 0.167. The molecule has 0 radical (unpaired) electrons. The Hall–Kier alpha value is -2.84. The van der Waals surface area contributed by atoms with E-state index >= 15 is 0 Å². The van der Waals surface area contributed by atoms with E-state index in [1.54, 1.807) is 6.07 Å². The molecule has 0 atom stereocenters. The second-order valence-corrected chi connectivity index (χ2v) is 8.18. The lowest BCUT2D eigenvalue weighted by Gasteiger charge is -2.09. The largest absolute Gasteiger partial charge is 0.281 e. The third-order valence-electron chi connectivity index (χ3n) is 4.25. The Morgan fingerprint density at radius 2 is 1.96 bits per heavy atom. The predicted octanol–water partition coefficient (Wildman–Crippen LogP) is 4.72. The Bertz CT molecular complexity index is 1270. The van der Waals surface area contributed by atoms with Crippen LogP contribution in [-0.4, -0.2) is 15.6 Å². The number of nitrogens with zero attached hydrogens (tertiary/aromatic N) is 2. The highest BCUT2D eigenvalue weighted by Crippen LogP contribution is 2.35. The molecule has 0 fully saturated rings. The van der Waals surface area contributed by atoms with Crippen LogP contribution >= 0.6 is 27.3 Å². The Labute approximate surface area is 171 Å². The third-order valence-corrected chi connectivity index (χ3v) is 5.76. The van der Waals surface area contributed by atoms with Crippen LogP contribution in [0.5, 0.6) is 0 Å². The number of benzene rings is 2. The molecular formula is C20H13BrFN3O2S. The van der Waals surface area contributed by atoms with Gasteiger partial charge in [0, 0.05) is 14.9 Å². The third kappa shape index (κ3) is 3.25. The number of halogens is 2. The van der Waals surface area contributed by atoms with Crippen LogP contribution in [0, 0.1) is 12.7 Å². The Kier molecular flexibility index (Phi) is 4.82. The number of thiophene rings is 1. The first-order chi connectivity index (χ1) is 13.5. The number of rotatable bonds is 3. The Morgan fingerprint density at radius 1 is 1.21 bits per heavy atom. The average Bonchev–Trinajstić information content (AvgIpc) is 3.01. The van der Waals surface area contributed by atoms with Crippen molar-refractivity contribution in [3.63, 3.8) is 0 Å². The molecule has 0 aliphatic carbocycles. The van der Waals surface area contributed by atoms with Crippen molar-refractivity contribution < 1.29 is 9.18 Å². The molecule has 0 saturated heterocycles. The number of aryl methyl sites for hydroxylation is 1. The molecule has 1 N–H and O–H groups in total. The maximum Gasteiger partial charge on any atom is 0.281 e. The molecule has 2 aromatic heterocycles. The number of hydrogen-bond acceptors (Lipinski definition) is 4. The van der Waals surface area contributed by atoms with Crippen LogP contribution in [0.3, 0.4) is 0 Å². The van der Waals surface area contributed by atoms with Gasteiger partial charge < -0.3 is 0 Å². The lowest BCUT2D eigenvalue weighted by atomic mass is 10.0. The number of amides is 1. The van der Waals surface area contributed by atoms with Gasteiger partial charge in [0.2, 0.25) is 0 Å². The highest BCUT2D eigenvalue weighted by atomic mass is 79.9. The Morgan fingerprint density at radius 3 is 2.68 bits per heavy atom. The molecule has 1 amide bonds. The molecule has 4 aromatic rings. The van der Waals surface area contributed by atoms with Crippen molar-refractivity contribution in [2.45, 2.75) is 6.92 Å². The minimum atomic E-state index is -0.735. The first-order valence-corrected chi connectivity index (χ1v) is 9.89. The SMILES string of the molecule is Cc1sc2ncn(NC(=O)c3ccc(Br)cc3F)c(=O)c2c1-c1ccccc1. The summed E-state index contributed by atoms with van der Waals surface area (Å²) in [6.45, 7) is 1.92. The van der Waals surface area contributed by atoms with Gasteiger partial charge in [-0.05, 0) is 30.7 Å². The summed E-state index contributed by atoms with van der Waals surface area (Å²) < 4.78 is 15.6. The fourth-order valence-corrected chi connectivity index (χ4v) is 4.31. The monoisotopic (exact) mass is 457 g/mol. The van der Waals surface area contributed by atoms with Gasteiger partial charge in [0.1, 0.15) is 17.0 Å². The van der Waals surface area contributed by atoms with Gasteiger partial charge in [-0.25, -0.2) is 14.1 Å². The number of nitrogens with one attached hydrogen (secondary N) is 1. The molecule has 0 bridgehead atoms. The first kappa shape index (κ1) is 18.5. The van der Waals surface area contributed by atoms with E-state index in [2.05, 4.69) is 26.3 Å². The van der Waals surface area contributed by atoms with Crippen LogP contribution in [0.1, 0.15) is 15.2 Å². The standard InChI is InChI=1S/C20H13BrFN3O2S/c1-11-16(12-5-3-2-4-6-12)17-19(28-11)23-10-25(20(17)27)24-18(26)14-8-7-13(21)9-15(14)22/h2-10H,1H3,(H,24,26). The number of hydrogen-bond donors (Lipinski definition) is 1. The van der Waals surface area contributed by atoms with E-state index in [0.29, 0.717) is 14.7 Å². The fraction of sp³-hybridized carbons (Fsp3) is 0.0500. The summed E-state index contributed by atoms with van der Waals surface area (Å²) >= 11 is 4.56. The van der Waals surface area contributed by atoms with Gasteiger partial charge in [-0.2, -0.15) is 0 Å². The van der Waals surface area contributed by atoms with Gasteiger partial charge in [0.25, 0.3) is 11.5 Å². The molecule has 8 heteroatoms. The van der Waals surface area contributed by atoms with Crippen molar-refractivity contribution in [3.8, 4) is 11.1 Å². The predicted molar refractivity (Wildman–Crippen MR) is 112 cm³/mol. The van der Waals surface area contributed by atoms with E-state index in [0.717, 1.165) is 20.7 Å². The zero-order valence-electron chi connectivity index (χ0n) is 14.6. The molecule has 0 aliphatic rings. The molecule has 0 aliphatic heterocycles. The van der Waals surface area contributed by atoms with Gasteiger partial charge in [-0.3, -0.25) is 15.0 Å². The average molecular weight is 458 g/mol. The van der Waals surface area contributed by atoms with Crippen molar-refractivity contribution in [2.75, 3.05) is 5.43 Å². The molecule has 0 saturated carbocycles. The van der Waals surface area contributed by atoms with Crippen molar-refractivity contribution in [2.24, 2.45) is 0 Å². The Balaban J connectivity index is 1.80. The summed E-state index contributed by atoms with van der Waals surface area (Å²) in [5.74, 6) is -1.42. The van der Waals surface area contributed by atoms with Crippen LogP contribution in [0.25, 0.3) is 21.3 Å². The van der Waals surface area contributed by atoms with E-state index in [-0.39, 0.29) is 5.56 Å². The molecule has 0 spiro atoms. The van der Waals surface area contributed by atoms with Crippen LogP contribution in [0.4, 0.5) is 4.39 Å². The highest BCUT2D eigenvalue weighted by Gasteiger charge is 2.18. The zero-order valence-corrected chi connectivity index (χ0v) is 17.0. The quantitative estimate of drug-likeness (QED) is 0.484. The zero-order chi connectivity index (χ0) is 19.8. The van der Waals surface area contributed by atoms with Gasteiger partial charge in [-0.15, -0.1) is 11.3 Å². The van der Waals surface area contributed by atoms with Crippen LogP contribution < -0.4 is 11.0 Å². The van der Waals surface area contributed by atoms with Gasteiger partial charge in [0.05, 0.1) is 10.9 Å². The van der Waals surface area contributed by atoms with Gasteiger partial charge in [0.15, 0.2) is 0 Å². The second-order valence-electron chi connectivity index (χ2n) is 6.06. The maximum atomic E-state index is 14.1. The molecule has 28 heavy (non-hydrogen) atoms. The van der Waals surface area contributed by atoms with Crippen molar-refractivity contribution >= 4 is 43.4 Å². The summed E-state index contributed by atoms with van der Waals surface area (Å²) in [6.07, 6.45) is 1.24. The molecule has 4 rings (SSSR count). The summed E-state index contributed by atoms with van der Waals surface area (Å²) in [7, 11) is 0. The van der Waals surface area contributed by atoms with E-state index in [1.807, 2.05) is 37.3 Å². The molecule has 0 unspecified atom stereocenters. The normalized spacial score (nSPS) is 11.0. The fourth-order valence-electron chi connectivity index (χ4n) is 2.98. The topological polar surface area (TPSA) is 64.0 Å². The maximum absolute atomic E-state index is 14.1. The van der Waals surface area contributed by atoms with Gasteiger partial charge in [-0.1, -0.05) is 46.3 Å². The summed E-state index contributed by atoms with van der Waals surface area (Å²) in [4.78, 5) is 31.3. The summed E-state index contributed by atoms with van der Waals surface area (Å²) in [5.41, 5.74) is 3.52. The van der Waals surface area contributed by atoms with Crippen LogP contribution in [0.15, 0.2) is 64.1 Å². The number of fused-ring (bicyclic) bond motifs is 1. The lowest BCUT2D eigenvalue weighted by molar-refractivity contribution is 0.100. The minimum Gasteiger partial charge on any atom is -0.267 e. The van der Waals surface area contributed by atoms with Crippen LogP contribution in [0.2, 0.25) is 0 Å². The van der Waals surface area contributed by atoms with Crippen molar-refractivity contribution in [3.05, 3.63) is 85.9 Å². The van der Waals surface area contributed by atoms with Crippen molar-refractivity contribution in [1.29, 1.82) is 0 Å². The first-order valence-electron chi connectivity index (χ1n) is 8.28. The van der Waals surface area contributed by atoms with Crippen LogP contribution in [-0.2, 0) is 0 Å². The summed E-state index contributed by atoms with van der Waals surface area (Å²) in [5, 5.41) is 0.424. The lowest BCUT2D eigenvalue weighted by Crippen LogP contribution is -2.33. The smallest absolute Gasteiger partial charge is 0.267 e. The number of carbonyl (C=O) groups is 1. The van der Waals surface area contributed by atoms with E-state index in [4.69, 9.17) is 0 Å². The van der Waals surface area contributed by atoms with E-state index < -0.39 is 17.3 Å². The second kappa shape index (κ2) is 7.29. The highest BCUT2D eigenvalue weighted by molar-refractivity contribution is 9.10. The van der Waals surface area contributed by atoms with E-state index in [1.165, 1.54) is 29.8 Å². The molecular weight excluding hydrogens is 445 g/mol. The molecule has 5 nitrogen and oxygen atoms in total. The molecule has 2 heterocycles. The van der Waals surface area contributed by atoms with Crippen molar-refractivity contribution in [1.82, 2.24) is 9.66 Å². The van der Waals surface area contributed by atoms with E-state index in [9.17, 15) is 14.0 Å². The molecule has 2 aromatic carbocycles. The number of carbonyl (C=O) groups excluding carboxylic acids is 1. The number of aromatic nitrogens is 2. The van der Waals surface area contributed by atoms with Gasteiger partial charge >= 0.3 is 0 Å². The summed E-state index contributed by atoms with van der Waals surface area (Å²) in [6, 6.07) is 13.6.